The molecule has 5 nitrogen and oxygen atoms in total. The molecule has 2 heterocycles. The lowest BCUT2D eigenvalue weighted by molar-refractivity contribution is 0.205. The van der Waals surface area contributed by atoms with Crippen LogP contribution in [0.3, 0.4) is 0 Å². The first kappa shape index (κ1) is 11.8. The normalized spacial score (nSPS) is 12.7. The highest BCUT2D eigenvalue weighted by atomic mass is 16.3. The molecule has 2 aromatic heterocycles. The van der Waals surface area contributed by atoms with Crippen LogP contribution in [-0.2, 0) is 6.54 Å². The smallest absolute Gasteiger partial charge is 0.142 e. The van der Waals surface area contributed by atoms with Crippen LogP contribution in [0.25, 0.3) is 11.0 Å². The van der Waals surface area contributed by atoms with Crippen molar-refractivity contribution in [1.82, 2.24) is 19.5 Å². The highest BCUT2D eigenvalue weighted by Gasteiger charge is 2.16. The summed E-state index contributed by atoms with van der Waals surface area (Å²) >= 11 is 0. The van der Waals surface area contributed by atoms with Crippen molar-refractivity contribution in [3.05, 3.63) is 54.4 Å². The number of imidazole rings is 1. The SMILES string of the molecule is CCn1ccnc1C(O)c1ccc2nccnc2c1. The number of aryl methyl sites for hydroxylation is 1. The molecule has 0 fully saturated rings. The van der Waals surface area contributed by atoms with Gasteiger partial charge in [-0.25, -0.2) is 4.98 Å². The van der Waals surface area contributed by atoms with Crippen LogP contribution in [0.15, 0.2) is 43.0 Å². The van der Waals surface area contributed by atoms with E-state index in [1.54, 1.807) is 18.6 Å². The number of aliphatic hydroxyl groups excluding tert-OH is 1. The van der Waals surface area contributed by atoms with Gasteiger partial charge in [0, 0.05) is 31.3 Å². The van der Waals surface area contributed by atoms with Crippen molar-refractivity contribution in [3.63, 3.8) is 0 Å². The number of hydrogen-bond donors (Lipinski definition) is 1. The number of nitrogens with zero attached hydrogens (tertiary/aromatic N) is 4. The van der Waals surface area contributed by atoms with E-state index in [-0.39, 0.29) is 0 Å². The van der Waals surface area contributed by atoms with E-state index in [9.17, 15) is 5.11 Å². The molecule has 0 aliphatic heterocycles. The topological polar surface area (TPSA) is 63.8 Å². The zero-order valence-electron chi connectivity index (χ0n) is 10.6. The third kappa shape index (κ3) is 2.08. The Bertz CT molecular complexity index is 707. The van der Waals surface area contributed by atoms with Gasteiger partial charge < -0.3 is 9.67 Å². The van der Waals surface area contributed by atoms with E-state index in [1.165, 1.54) is 0 Å². The first-order valence-electron chi connectivity index (χ1n) is 6.19. The molecule has 3 rings (SSSR count). The van der Waals surface area contributed by atoms with E-state index in [0.29, 0.717) is 5.82 Å². The van der Waals surface area contributed by atoms with Crippen LogP contribution in [0.1, 0.15) is 24.4 Å². The van der Waals surface area contributed by atoms with Gasteiger partial charge in [-0.1, -0.05) is 6.07 Å². The van der Waals surface area contributed by atoms with Crippen molar-refractivity contribution in [1.29, 1.82) is 0 Å². The molecular formula is C14H14N4O. The molecule has 0 saturated heterocycles. The van der Waals surface area contributed by atoms with Gasteiger partial charge in [-0.05, 0) is 24.6 Å². The number of hydrogen-bond acceptors (Lipinski definition) is 4. The summed E-state index contributed by atoms with van der Waals surface area (Å²) in [7, 11) is 0. The Labute approximate surface area is 110 Å². The maximum Gasteiger partial charge on any atom is 0.142 e. The van der Waals surface area contributed by atoms with Crippen LogP contribution in [0.4, 0.5) is 0 Å². The van der Waals surface area contributed by atoms with Gasteiger partial charge in [-0.2, -0.15) is 0 Å². The average molecular weight is 254 g/mol. The van der Waals surface area contributed by atoms with Crippen molar-refractivity contribution >= 4 is 11.0 Å². The van der Waals surface area contributed by atoms with Gasteiger partial charge in [0.15, 0.2) is 0 Å². The largest absolute Gasteiger partial charge is 0.380 e. The molecule has 1 aromatic carbocycles. The summed E-state index contributed by atoms with van der Waals surface area (Å²) in [5, 5.41) is 10.4. The number of rotatable bonds is 3. The molecule has 0 saturated carbocycles. The molecular weight excluding hydrogens is 240 g/mol. The summed E-state index contributed by atoms with van der Waals surface area (Å²) in [4.78, 5) is 12.7. The van der Waals surface area contributed by atoms with E-state index in [1.807, 2.05) is 35.9 Å². The van der Waals surface area contributed by atoms with E-state index in [0.717, 1.165) is 23.1 Å². The molecule has 1 unspecified atom stereocenters. The Morgan fingerprint density at radius 1 is 1.11 bits per heavy atom. The molecule has 19 heavy (non-hydrogen) atoms. The lowest BCUT2D eigenvalue weighted by Gasteiger charge is -2.12. The zero-order valence-corrected chi connectivity index (χ0v) is 10.6. The third-order valence-corrected chi connectivity index (χ3v) is 3.14. The minimum atomic E-state index is -0.749. The first-order valence-corrected chi connectivity index (χ1v) is 6.19. The molecule has 0 radical (unpaired) electrons. The minimum absolute atomic E-state index is 0.644. The van der Waals surface area contributed by atoms with Crippen LogP contribution in [-0.4, -0.2) is 24.6 Å². The van der Waals surface area contributed by atoms with E-state index in [4.69, 9.17) is 0 Å². The van der Waals surface area contributed by atoms with Gasteiger partial charge in [0.2, 0.25) is 0 Å². The van der Waals surface area contributed by atoms with Crippen molar-refractivity contribution in [2.45, 2.75) is 19.6 Å². The highest BCUT2D eigenvalue weighted by Crippen LogP contribution is 2.22. The molecule has 0 spiro atoms. The van der Waals surface area contributed by atoms with E-state index in [2.05, 4.69) is 15.0 Å². The van der Waals surface area contributed by atoms with Crippen LogP contribution in [0.2, 0.25) is 0 Å². The molecule has 96 valence electrons. The molecule has 0 aliphatic carbocycles. The Hall–Kier alpha value is -2.27. The highest BCUT2D eigenvalue weighted by molar-refractivity contribution is 5.74. The fourth-order valence-corrected chi connectivity index (χ4v) is 2.14. The summed E-state index contributed by atoms with van der Waals surface area (Å²) in [6.45, 7) is 2.80. The second-order valence-corrected chi connectivity index (χ2v) is 4.28. The predicted molar refractivity (Wildman–Crippen MR) is 71.5 cm³/mol. The maximum atomic E-state index is 10.4. The van der Waals surface area contributed by atoms with Gasteiger partial charge in [-0.3, -0.25) is 9.97 Å². The fraction of sp³-hybridized carbons (Fsp3) is 0.214. The van der Waals surface area contributed by atoms with Crippen molar-refractivity contribution < 1.29 is 5.11 Å². The molecule has 0 amide bonds. The lowest BCUT2D eigenvalue weighted by Crippen LogP contribution is -2.08. The summed E-state index contributed by atoms with van der Waals surface area (Å²) in [6, 6.07) is 5.57. The zero-order chi connectivity index (χ0) is 13.2. The maximum absolute atomic E-state index is 10.4. The van der Waals surface area contributed by atoms with Crippen molar-refractivity contribution in [2.75, 3.05) is 0 Å². The van der Waals surface area contributed by atoms with Crippen LogP contribution in [0, 0.1) is 0 Å². The second-order valence-electron chi connectivity index (χ2n) is 4.28. The Kier molecular flexibility index (Phi) is 2.97. The Morgan fingerprint density at radius 2 is 1.89 bits per heavy atom. The predicted octanol–water partition coefficient (Wildman–Crippen LogP) is 1.93. The summed E-state index contributed by atoms with van der Waals surface area (Å²) < 4.78 is 1.92. The van der Waals surface area contributed by atoms with Gasteiger partial charge in [0.25, 0.3) is 0 Å². The molecule has 0 bridgehead atoms. The van der Waals surface area contributed by atoms with Crippen molar-refractivity contribution in [2.24, 2.45) is 0 Å². The lowest BCUT2D eigenvalue weighted by atomic mass is 10.1. The average Bonchev–Trinajstić information content (AvgIpc) is 2.94. The number of benzene rings is 1. The molecule has 1 N–H and O–H groups in total. The molecule has 0 aliphatic rings. The summed E-state index contributed by atoms with van der Waals surface area (Å²) in [6.07, 6.45) is 6.11. The summed E-state index contributed by atoms with van der Waals surface area (Å²) in [5.74, 6) is 0.644. The monoisotopic (exact) mass is 254 g/mol. The fourth-order valence-electron chi connectivity index (χ4n) is 2.14. The van der Waals surface area contributed by atoms with Gasteiger partial charge >= 0.3 is 0 Å². The quantitative estimate of drug-likeness (QED) is 0.775. The van der Waals surface area contributed by atoms with Crippen molar-refractivity contribution in [3.8, 4) is 0 Å². The molecule has 5 heteroatoms. The third-order valence-electron chi connectivity index (χ3n) is 3.14. The van der Waals surface area contributed by atoms with E-state index >= 15 is 0 Å². The van der Waals surface area contributed by atoms with Gasteiger partial charge in [0.1, 0.15) is 11.9 Å². The Morgan fingerprint density at radius 3 is 2.68 bits per heavy atom. The Balaban J connectivity index is 2.04. The van der Waals surface area contributed by atoms with E-state index < -0.39 is 6.10 Å². The second kappa shape index (κ2) is 4.78. The molecule has 3 aromatic rings. The van der Waals surface area contributed by atoms with Crippen LogP contribution in [0.5, 0.6) is 0 Å². The number of aromatic nitrogens is 4. The molecule has 1 atom stereocenters. The standard InChI is InChI=1S/C14H14N4O/c1-2-18-8-7-17-14(18)13(19)10-3-4-11-12(9-10)16-6-5-15-11/h3-9,13,19H,2H2,1H3. The minimum Gasteiger partial charge on any atom is -0.380 e. The number of fused-ring (bicyclic) bond motifs is 1. The van der Waals surface area contributed by atoms with Crippen LogP contribution >= 0.6 is 0 Å². The van der Waals surface area contributed by atoms with Crippen LogP contribution < -0.4 is 0 Å². The first-order chi connectivity index (χ1) is 9.29. The number of aliphatic hydroxyl groups is 1. The van der Waals surface area contributed by atoms with Gasteiger partial charge in [0.05, 0.1) is 11.0 Å². The van der Waals surface area contributed by atoms with Gasteiger partial charge in [-0.15, -0.1) is 0 Å². The summed E-state index contributed by atoms with van der Waals surface area (Å²) in [5.41, 5.74) is 2.36.